The fraction of sp³-hybridized carbons (Fsp3) is 0.273. The first-order valence-electron chi connectivity index (χ1n) is 9.91. The van der Waals surface area contributed by atoms with Crippen molar-refractivity contribution in [3.63, 3.8) is 0 Å². The number of nitrogens with zero attached hydrogens (tertiary/aromatic N) is 4. The molecule has 0 saturated heterocycles. The molecule has 1 amide bonds. The molecule has 160 valence electrons. The highest BCUT2D eigenvalue weighted by Crippen LogP contribution is 2.14. The minimum Gasteiger partial charge on any atom is -0.352 e. The summed E-state index contributed by atoms with van der Waals surface area (Å²) < 4.78 is 17.3. The summed E-state index contributed by atoms with van der Waals surface area (Å²) in [6, 6.07) is 10.5. The van der Waals surface area contributed by atoms with Gasteiger partial charge in [-0.15, -0.1) is 5.10 Å². The molecule has 9 heteroatoms. The van der Waals surface area contributed by atoms with Crippen LogP contribution in [0.5, 0.6) is 0 Å². The summed E-state index contributed by atoms with van der Waals surface area (Å²) in [5.74, 6) is -0.278. The molecule has 2 aromatic carbocycles. The molecule has 1 N–H and O–H groups in total. The number of aryl methyl sites for hydroxylation is 1. The molecule has 2 aromatic heterocycles. The summed E-state index contributed by atoms with van der Waals surface area (Å²) in [6.07, 6.45) is 0. The Bertz CT molecular complexity index is 1430. The summed E-state index contributed by atoms with van der Waals surface area (Å²) in [6.45, 7) is 4.53. The summed E-state index contributed by atoms with van der Waals surface area (Å²) in [5, 5.41) is 7.41. The Morgan fingerprint density at radius 3 is 2.65 bits per heavy atom. The van der Waals surface area contributed by atoms with Crippen LogP contribution in [0.1, 0.15) is 29.8 Å². The Morgan fingerprint density at radius 1 is 1.16 bits per heavy atom. The number of hydrogen-bond acceptors (Lipinski definition) is 4. The van der Waals surface area contributed by atoms with E-state index < -0.39 is 11.5 Å². The van der Waals surface area contributed by atoms with E-state index in [0.717, 1.165) is 0 Å². The minimum absolute atomic E-state index is 0.0442. The van der Waals surface area contributed by atoms with E-state index in [1.54, 1.807) is 18.2 Å². The molecule has 0 unspecified atom stereocenters. The van der Waals surface area contributed by atoms with Crippen LogP contribution >= 0.6 is 0 Å². The molecule has 2 heterocycles. The van der Waals surface area contributed by atoms with Gasteiger partial charge < -0.3 is 5.32 Å². The molecule has 31 heavy (non-hydrogen) atoms. The summed E-state index contributed by atoms with van der Waals surface area (Å²) in [4.78, 5) is 38.5. The largest absolute Gasteiger partial charge is 0.352 e. The van der Waals surface area contributed by atoms with Crippen LogP contribution < -0.4 is 16.6 Å². The third-order valence-corrected chi connectivity index (χ3v) is 5.05. The molecular weight excluding hydrogens is 401 g/mol. The number of rotatable bonds is 5. The van der Waals surface area contributed by atoms with Crippen molar-refractivity contribution in [3.05, 3.63) is 80.2 Å². The van der Waals surface area contributed by atoms with E-state index in [0.29, 0.717) is 28.6 Å². The quantitative estimate of drug-likeness (QED) is 0.531. The first-order chi connectivity index (χ1) is 14.8. The molecular formula is C22H22FN5O3. The van der Waals surface area contributed by atoms with Crippen LogP contribution in [0.15, 0.2) is 52.1 Å². The first-order valence-corrected chi connectivity index (χ1v) is 9.91. The molecule has 8 nitrogen and oxygen atoms in total. The first kappa shape index (κ1) is 20.5. The Morgan fingerprint density at radius 2 is 1.94 bits per heavy atom. The zero-order chi connectivity index (χ0) is 22.3. The SMILES string of the molecule is CC(C)CNC(=O)c1ccc2c(=O)n(C)c3nn(Cc4cccc(F)c4)c(=O)n3c2c1. The van der Waals surface area contributed by atoms with E-state index in [-0.39, 0.29) is 29.7 Å². The normalized spacial score (nSPS) is 11.5. The van der Waals surface area contributed by atoms with Gasteiger partial charge in [0.1, 0.15) is 5.82 Å². The van der Waals surface area contributed by atoms with E-state index in [1.165, 1.54) is 45.0 Å². The average Bonchev–Trinajstić information content (AvgIpc) is 3.06. The van der Waals surface area contributed by atoms with Crippen molar-refractivity contribution in [1.82, 2.24) is 24.1 Å². The lowest BCUT2D eigenvalue weighted by molar-refractivity contribution is 0.0949. The molecule has 4 aromatic rings. The lowest BCUT2D eigenvalue weighted by Crippen LogP contribution is -2.28. The van der Waals surface area contributed by atoms with Gasteiger partial charge >= 0.3 is 5.69 Å². The number of fused-ring (bicyclic) bond motifs is 3. The molecule has 0 spiro atoms. The molecule has 0 aliphatic rings. The van der Waals surface area contributed by atoms with Crippen LogP contribution in [0, 0.1) is 11.7 Å². The number of halogens is 1. The maximum atomic E-state index is 13.5. The van der Waals surface area contributed by atoms with Gasteiger partial charge in [0, 0.05) is 19.2 Å². The molecule has 0 radical (unpaired) electrons. The van der Waals surface area contributed by atoms with Gasteiger partial charge in [-0.1, -0.05) is 26.0 Å². The number of carbonyl (C=O) groups excluding carboxylic acids is 1. The van der Waals surface area contributed by atoms with Gasteiger partial charge in [-0.3, -0.25) is 14.2 Å². The van der Waals surface area contributed by atoms with Crippen LogP contribution in [-0.2, 0) is 13.6 Å². The number of benzene rings is 2. The number of amides is 1. The fourth-order valence-electron chi connectivity index (χ4n) is 3.44. The van der Waals surface area contributed by atoms with Crippen LogP contribution in [0.4, 0.5) is 4.39 Å². The second kappa shape index (κ2) is 7.82. The number of hydrogen-bond donors (Lipinski definition) is 1. The van der Waals surface area contributed by atoms with Gasteiger partial charge in [0.2, 0.25) is 5.78 Å². The predicted molar refractivity (Wildman–Crippen MR) is 115 cm³/mol. The number of carbonyl (C=O) groups is 1. The lowest BCUT2D eigenvalue weighted by atomic mass is 10.1. The summed E-state index contributed by atoms with van der Waals surface area (Å²) in [7, 11) is 1.53. The van der Waals surface area contributed by atoms with Gasteiger partial charge in [0.05, 0.1) is 17.4 Å². The minimum atomic E-state index is -0.486. The highest BCUT2D eigenvalue weighted by atomic mass is 19.1. The Kier molecular flexibility index (Phi) is 5.18. The molecule has 0 fully saturated rings. The van der Waals surface area contributed by atoms with Gasteiger partial charge in [-0.25, -0.2) is 18.3 Å². The molecule has 0 saturated carbocycles. The van der Waals surface area contributed by atoms with E-state index in [9.17, 15) is 18.8 Å². The molecule has 0 aliphatic carbocycles. The van der Waals surface area contributed by atoms with E-state index in [4.69, 9.17) is 0 Å². The standard InChI is InChI=1S/C22H22FN5O3/c1-13(2)11-24-19(29)15-7-8-17-18(10-15)28-21(26(3)20(17)30)25-27(22(28)31)12-14-5-4-6-16(23)9-14/h4-10,13H,11-12H2,1-3H3,(H,24,29). The Balaban J connectivity index is 1.89. The smallest absolute Gasteiger partial charge is 0.352 e. The summed E-state index contributed by atoms with van der Waals surface area (Å²) in [5.41, 5.74) is 0.381. The van der Waals surface area contributed by atoms with Crippen molar-refractivity contribution < 1.29 is 9.18 Å². The highest BCUT2D eigenvalue weighted by molar-refractivity contribution is 5.98. The topological polar surface area (TPSA) is 90.4 Å². The maximum Gasteiger partial charge on any atom is 0.352 e. The van der Waals surface area contributed by atoms with Gasteiger partial charge in [-0.2, -0.15) is 0 Å². The highest BCUT2D eigenvalue weighted by Gasteiger charge is 2.18. The molecule has 0 bridgehead atoms. The van der Waals surface area contributed by atoms with Crippen molar-refractivity contribution >= 4 is 22.6 Å². The Hall–Kier alpha value is -3.75. The van der Waals surface area contributed by atoms with Crippen LogP contribution in [0.25, 0.3) is 16.7 Å². The van der Waals surface area contributed by atoms with E-state index in [2.05, 4.69) is 10.4 Å². The zero-order valence-corrected chi connectivity index (χ0v) is 17.4. The monoisotopic (exact) mass is 423 g/mol. The van der Waals surface area contributed by atoms with Crippen molar-refractivity contribution in [2.24, 2.45) is 13.0 Å². The second-order valence-corrected chi connectivity index (χ2v) is 7.91. The second-order valence-electron chi connectivity index (χ2n) is 7.91. The van der Waals surface area contributed by atoms with Crippen LogP contribution in [0.2, 0.25) is 0 Å². The van der Waals surface area contributed by atoms with Gasteiger partial charge in [0.25, 0.3) is 11.5 Å². The van der Waals surface area contributed by atoms with Crippen LogP contribution in [0.3, 0.4) is 0 Å². The lowest BCUT2D eigenvalue weighted by Gasteiger charge is -2.09. The van der Waals surface area contributed by atoms with Gasteiger partial charge in [-0.05, 0) is 41.8 Å². The number of nitrogens with one attached hydrogen (secondary N) is 1. The average molecular weight is 423 g/mol. The van der Waals surface area contributed by atoms with Crippen molar-refractivity contribution in [1.29, 1.82) is 0 Å². The molecule has 4 rings (SSSR count). The van der Waals surface area contributed by atoms with E-state index in [1.807, 2.05) is 13.8 Å². The predicted octanol–water partition coefficient (Wildman–Crippen LogP) is 1.92. The van der Waals surface area contributed by atoms with Crippen molar-refractivity contribution in [2.75, 3.05) is 6.54 Å². The van der Waals surface area contributed by atoms with Crippen LogP contribution in [-0.4, -0.2) is 31.2 Å². The van der Waals surface area contributed by atoms with E-state index >= 15 is 0 Å². The number of aromatic nitrogens is 4. The van der Waals surface area contributed by atoms with Crippen molar-refractivity contribution in [2.45, 2.75) is 20.4 Å². The third-order valence-electron chi connectivity index (χ3n) is 5.05. The Labute approximate surface area is 176 Å². The summed E-state index contributed by atoms with van der Waals surface area (Å²) >= 11 is 0. The van der Waals surface area contributed by atoms with Gasteiger partial charge in [0.15, 0.2) is 0 Å². The van der Waals surface area contributed by atoms with Crippen molar-refractivity contribution in [3.8, 4) is 0 Å². The third kappa shape index (κ3) is 3.74. The molecule has 0 atom stereocenters. The fourth-order valence-corrected chi connectivity index (χ4v) is 3.44. The zero-order valence-electron chi connectivity index (χ0n) is 17.4. The maximum absolute atomic E-state index is 13.5. The molecule has 0 aliphatic heterocycles.